The fourth-order valence-corrected chi connectivity index (χ4v) is 2.51. The van der Waals surface area contributed by atoms with Crippen LogP contribution >= 0.6 is 0 Å². The van der Waals surface area contributed by atoms with Crippen LogP contribution in [0.15, 0.2) is 53.6 Å². The zero-order chi connectivity index (χ0) is 17.7. The summed E-state index contributed by atoms with van der Waals surface area (Å²) in [6.45, 7) is 3.23. The van der Waals surface area contributed by atoms with Gasteiger partial charge in [-0.2, -0.15) is 18.3 Å². The molecule has 2 aromatic rings. The Morgan fingerprint density at radius 3 is 2.20 bits per heavy atom. The number of rotatable bonds is 4. The number of hydrazone groups is 1. The molecule has 3 rings (SSSR count). The maximum absolute atomic E-state index is 12.5. The predicted octanol–water partition coefficient (Wildman–Crippen LogP) is 3.99. The van der Waals surface area contributed by atoms with E-state index in [-0.39, 0.29) is 0 Å². The molecule has 0 bridgehead atoms. The van der Waals surface area contributed by atoms with Crippen LogP contribution in [-0.2, 0) is 10.9 Å². The Labute approximate surface area is 143 Å². The molecule has 0 unspecified atom stereocenters. The molecular weight excluding hydrogens is 331 g/mol. The van der Waals surface area contributed by atoms with Crippen molar-refractivity contribution < 1.29 is 17.9 Å². The third-order valence-corrected chi connectivity index (χ3v) is 3.89. The van der Waals surface area contributed by atoms with Gasteiger partial charge in [0.2, 0.25) is 0 Å². The number of halogens is 3. The van der Waals surface area contributed by atoms with Gasteiger partial charge in [0.05, 0.1) is 30.7 Å². The average Bonchev–Trinajstić information content (AvgIpc) is 2.63. The number of hydrogen-bond acceptors (Lipinski definition) is 4. The fourth-order valence-electron chi connectivity index (χ4n) is 2.51. The number of ether oxygens (including phenoxy) is 1. The summed E-state index contributed by atoms with van der Waals surface area (Å²) in [6.07, 6.45) is -2.70. The highest BCUT2D eigenvalue weighted by atomic mass is 19.4. The molecule has 0 amide bonds. The second-order valence-corrected chi connectivity index (χ2v) is 5.64. The van der Waals surface area contributed by atoms with Crippen molar-refractivity contribution in [3.63, 3.8) is 0 Å². The van der Waals surface area contributed by atoms with Gasteiger partial charge in [0.1, 0.15) is 0 Å². The summed E-state index contributed by atoms with van der Waals surface area (Å²) < 4.78 is 42.8. The van der Waals surface area contributed by atoms with Gasteiger partial charge in [-0.1, -0.05) is 12.1 Å². The summed E-state index contributed by atoms with van der Waals surface area (Å²) in [5.41, 5.74) is 4.57. The molecule has 0 aliphatic carbocycles. The van der Waals surface area contributed by atoms with E-state index in [1.54, 1.807) is 6.21 Å². The summed E-state index contributed by atoms with van der Waals surface area (Å²) >= 11 is 0. The lowest BCUT2D eigenvalue weighted by Gasteiger charge is -2.28. The third-order valence-electron chi connectivity index (χ3n) is 3.89. The van der Waals surface area contributed by atoms with E-state index in [4.69, 9.17) is 4.74 Å². The van der Waals surface area contributed by atoms with Gasteiger partial charge in [-0.3, -0.25) is 5.43 Å². The van der Waals surface area contributed by atoms with Crippen molar-refractivity contribution in [2.45, 2.75) is 6.18 Å². The van der Waals surface area contributed by atoms with Crippen molar-refractivity contribution in [2.75, 3.05) is 36.6 Å². The topological polar surface area (TPSA) is 36.9 Å². The first-order valence-electron chi connectivity index (χ1n) is 7.91. The first-order valence-corrected chi connectivity index (χ1v) is 7.91. The summed E-state index contributed by atoms with van der Waals surface area (Å²) in [7, 11) is 0. The molecule has 0 atom stereocenters. The summed E-state index contributed by atoms with van der Waals surface area (Å²) in [6, 6.07) is 12.7. The molecule has 1 fully saturated rings. The van der Waals surface area contributed by atoms with Gasteiger partial charge in [0, 0.05) is 18.8 Å². The largest absolute Gasteiger partial charge is 0.416 e. The highest BCUT2D eigenvalue weighted by molar-refractivity contribution is 5.81. The van der Waals surface area contributed by atoms with Crippen LogP contribution in [0.25, 0.3) is 0 Å². The van der Waals surface area contributed by atoms with Gasteiger partial charge in [-0.15, -0.1) is 0 Å². The van der Waals surface area contributed by atoms with E-state index in [1.165, 1.54) is 12.1 Å². The second kappa shape index (κ2) is 7.57. The number of alkyl halides is 3. The molecule has 132 valence electrons. The Morgan fingerprint density at radius 1 is 0.960 bits per heavy atom. The molecule has 1 N–H and O–H groups in total. The Hall–Kier alpha value is -2.54. The molecule has 7 heteroatoms. The SMILES string of the molecule is FC(F)(F)c1ccc(N/N=C/c2ccc(N3CCOCC3)cc2)cc1. The number of anilines is 2. The Morgan fingerprint density at radius 2 is 1.60 bits per heavy atom. The molecule has 1 aliphatic rings. The zero-order valence-electron chi connectivity index (χ0n) is 13.5. The first-order chi connectivity index (χ1) is 12.0. The van der Waals surface area contributed by atoms with Crippen molar-refractivity contribution in [3.8, 4) is 0 Å². The van der Waals surface area contributed by atoms with Crippen LogP contribution in [0.5, 0.6) is 0 Å². The molecule has 0 spiro atoms. The molecule has 1 saturated heterocycles. The minimum Gasteiger partial charge on any atom is -0.378 e. The lowest BCUT2D eigenvalue weighted by Crippen LogP contribution is -2.36. The van der Waals surface area contributed by atoms with Gasteiger partial charge >= 0.3 is 6.18 Å². The zero-order valence-corrected chi connectivity index (χ0v) is 13.5. The quantitative estimate of drug-likeness (QED) is 0.670. The highest BCUT2D eigenvalue weighted by Gasteiger charge is 2.29. The molecule has 0 aromatic heterocycles. The van der Waals surface area contributed by atoms with Gasteiger partial charge in [-0.25, -0.2) is 0 Å². The predicted molar refractivity (Wildman–Crippen MR) is 92.1 cm³/mol. The number of hydrogen-bond donors (Lipinski definition) is 1. The van der Waals surface area contributed by atoms with Gasteiger partial charge < -0.3 is 9.64 Å². The minimum atomic E-state index is -4.33. The summed E-state index contributed by atoms with van der Waals surface area (Å²) in [4.78, 5) is 2.25. The number of nitrogens with zero attached hydrogens (tertiary/aromatic N) is 2. The Bertz CT molecular complexity index is 706. The molecule has 1 aliphatic heterocycles. The Kier molecular flexibility index (Phi) is 5.23. The van der Waals surface area contributed by atoms with Crippen LogP contribution < -0.4 is 10.3 Å². The first kappa shape index (κ1) is 17.3. The number of morpholine rings is 1. The van der Waals surface area contributed by atoms with Crippen molar-refractivity contribution in [3.05, 3.63) is 59.7 Å². The van der Waals surface area contributed by atoms with Crippen LogP contribution in [0.4, 0.5) is 24.5 Å². The van der Waals surface area contributed by atoms with E-state index in [1.807, 2.05) is 24.3 Å². The normalized spacial score (nSPS) is 15.6. The van der Waals surface area contributed by atoms with Crippen molar-refractivity contribution in [1.29, 1.82) is 0 Å². The highest BCUT2D eigenvalue weighted by Crippen LogP contribution is 2.29. The van der Waals surface area contributed by atoms with Crippen LogP contribution in [0, 0.1) is 0 Å². The Balaban J connectivity index is 1.57. The van der Waals surface area contributed by atoms with E-state index in [9.17, 15) is 13.2 Å². The van der Waals surface area contributed by atoms with E-state index in [0.717, 1.165) is 49.7 Å². The van der Waals surface area contributed by atoms with Gasteiger partial charge in [0.15, 0.2) is 0 Å². The lowest BCUT2D eigenvalue weighted by atomic mass is 10.2. The smallest absolute Gasteiger partial charge is 0.378 e. The van der Waals surface area contributed by atoms with Crippen molar-refractivity contribution in [2.24, 2.45) is 5.10 Å². The number of nitrogens with one attached hydrogen (secondary N) is 1. The van der Waals surface area contributed by atoms with Crippen LogP contribution in [0.2, 0.25) is 0 Å². The van der Waals surface area contributed by atoms with Gasteiger partial charge in [0.25, 0.3) is 0 Å². The third kappa shape index (κ3) is 4.73. The van der Waals surface area contributed by atoms with E-state index in [0.29, 0.717) is 5.69 Å². The van der Waals surface area contributed by atoms with Gasteiger partial charge in [-0.05, 0) is 42.0 Å². The molecular formula is C18H18F3N3O. The number of benzene rings is 2. The van der Waals surface area contributed by atoms with Crippen LogP contribution in [0.1, 0.15) is 11.1 Å². The fraction of sp³-hybridized carbons (Fsp3) is 0.278. The maximum atomic E-state index is 12.5. The lowest BCUT2D eigenvalue weighted by molar-refractivity contribution is -0.137. The second-order valence-electron chi connectivity index (χ2n) is 5.64. The standard InChI is InChI=1S/C18H18F3N3O/c19-18(20,21)15-3-5-16(6-4-15)23-22-13-14-1-7-17(8-2-14)24-9-11-25-12-10-24/h1-8,13,23H,9-12H2/b22-13+. The van der Waals surface area contributed by atoms with E-state index in [2.05, 4.69) is 15.4 Å². The molecule has 2 aromatic carbocycles. The molecule has 25 heavy (non-hydrogen) atoms. The van der Waals surface area contributed by atoms with Crippen molar-refractivity contribution in [1.82, 2.24) is 0 Å². The minimum absolute atomic E-state index is 0.495. The summed E-state index contributed by atoms with van der Waals surface area (Å²) in [5.74, 6) is 0. The molecule has 0 saturated carbocycles. The van der Waals surface area contributed by atoms with E-state index >= 15 is 0 Å². The summed E-state index contributed by atoms with van der Waals surface area (Å²) in [5, 5.41) is 4.06. The van der Waals surface area contributed by atoms with E-state index < -0.39 is 11.7 Å². The molecule has 1 heterocycles. The van der Waals surface area contributed by atoms with Crippen molar-refractivity contribution >= 4 is 17.6 Å². The maximum Gasteiger partial charge on any atom is 0.416 e. The average molecular weight is 349 g/mol. The van der Waals surface area contributed by atoms with Crippen LogP contribution in [-0.4, -0.2) is 32.5 Å². The molecule has 4 nitrogen and oxygen atoms in total. The molecule has 0 radical (unpaired) electrons. The monoisotopic (exact) mass is 349 g/mol. The van der Waals surface area contributed by atoms with Crippen LogP contribution in [0.3, 0.4) is 0 Å².